The zero-order valence-electron chi connectivity index (χ0n) is 31.5. The van der Waals surface area contributed by atoms with E-state index in [4.69, 9.17) is 4.98 Å². The number of aromatic nitrogens is 3. The summed E-state index contributed by atoms with van der Waals surface area (Å²) in [6, 6.07) is 17.5. The molecule has 2 aliphatic heterocycles. The number of anilines is 1. The van der Waals surface area contributed by atoms with Crippen LogP contribution in [0.3, 0.4) is 0 Å². The van der Waals surface area contributed by atoms with Gasteiger partial charge < -0.3 is 0 Å². The molecule has 7 rings (SSSR count). The summed E-state index contributed by atoms with van der Waals surface area (Å²) in [6.45, 7) is 10.4. The molecule has 3 aromatic carbocycles. The van der Waals surface area contributed by atoms with Crippen molar-refractivity contribution >= 4 is 60.5 Å². The molecule has 5 aromatic rings. The van der Waals surface area contributed by atoms with Crippen molar-refractivity contribution in [3.63, 3.8) is 0 Å². The van der Waals surface area contributed by atoms with Crippen molar-refractivity contribution in [1.29, 1.82) is 0 Å². The number of piperidine rings is 1. The number of imide groups is 1. The summed E-state index contributed by atoms with van der Waals surface area (Å²) < 4.78 is 47.8. The Morgan fingerprint density at radius 2 is 1.82 bits per heavy atom. The van der Waals surface area contributed by atoms with Crippen LogP contribution in [0.1, 0.15) is 78.2 Å². The summed E-state index contributed by atoms with van der Waals surface area (Å²) >= 11 is -1.37. The fourth-order valence-corrected chi connectivity index (χ4v) is 12.9. The number of carbonyl (C=O) groups excluding carboxylic acids is 2. The molecule has 0 spiro atoms. The van der Waals surface area contributed by atoms with Crippen molar-refractivity contribution in [3.05, 3.63) is 124 Å². The molecule has 0 bridgehead atoms. The minimum absolute atomic E-state index is 0.00585. The summed E-state index contributed by atoms with van der Waals surface area (Å²) in [5.41, 5.74) is 6.93. The monoisotopic (exact) mass is 858 g/mol. The summed E-state index contributed by atoms with van der Waals surface area (Å²) in [6.07, 6.45) is 6.53. The number of hydrogen-bond acceptors (Lipinski definition) is 6. The third kappa shape index (κ3) is 7.59. The van der Waals surface area contributed by atoms with Crippen LogP contribution in [-0.4, -0.2) is 51.6 Å². The van der Waals surface area contributed by atoms with Gasteiger partial charge in [0.25, 0.3) is 0 Å². The summed E-state index contributed by atoms with van der Waals surface area (Å²) in [7, 11) is 0. The van der Waals surface area contributed by atoms with Gasteiger partial charge in [-0.3, -0.25) is 0 Å². The quantitative estimate of drug-likeness (QED) is 0.0652. The van der Waals surface area contributed by atoms with Crippen molar-refractivity contribution in [1.82, 2.24) is 15.2 Å². The minimum atomic E-state index is -1.37. The number of halogens is 4. The fraction of sp³-hybridized carbons (Fsp3) is 0.318. The predicted octanol–water partition coefficient (Wildman–Crippen LogP) is 9.58. The molecular formula is C44H44F3IN5O2+. The number of nitrogens with one attached hydrogen (secondary N) is 1. The number of fused-ring (bicyclic) bond motifs is 1. The molecular weight excluding hydrogens is 814 g/mol. The number of pyridine rings is 1. The number of benzene rings is 3. The molecule has 7 nitrogen and oxygen atoms in total. The third-order valence-corrected chi connectivity index (χ3v) is 16.9. The van der Waals surface area contributed by atoms with E-state index < -0.39 is 43.8 Å². The number of hydrogen-bond donors (Lipinski definition) is 1. The van der Waals surface area contributed by atoms with Crippen molar-refractivity contribution in [2.24, 2.45) is 0 Å². The molecule has 284 valence electrons. The van der Waals surface area contributed by atoms with E-state index >= 15 is 4.39 Å². The van der Waals surface area contributed by atoms with Gasteiger partial charge in [0.1, 0.15) is 12.5 Å². The number of carbonyl (C=O) groups is 2. The molecule has 11 heteroatoms. The Morgan fingerprint density at radius 1 is 1.00 bits per heavy atom. The van der Waals surface area contributed by atoms with Crippen molar-refractivity contribution in [2.75, 3.05) is 18.6 Å². The molecule has 1 saturated heterocycles. The summed E-state index contributed by atoms with van der Waals surface area (Å²) in [5.74, 6) is -0.854. The first-order chi connectivity index (χ1) is 26.4. The molecule has 0 unspecified atom stereocenters. The number of rotatable bonds is 10. The number of amides is 2. The van der Waals surface area contributed by atoms with Crippen LogP contribution in [0.2, 0.25) is 0 Å². The van der Waals surface area contributed by atoms with E-state index in [2.05, 4.69) is 47.4 Å². The molecule has 1 fully saturated rings. The van der Waals surface area contributed by atoms with Gasteiger partial charge in [0, 0.05) is 5.56 Å². The third-order valence-electron chi connectivity index (χ3n) is 11.1. The van der Waals surface area contributed by atoms with E-state index in [1.165, 1.54) is 23.3 Å². The van der Waals surface area contributed by atoms with Crippen LogP contribution in [0.5, 0.6) is 0 Å². The molecule has 0 radical (unpaired) electrons. The first-order valence-corrected chi connectivity index (χ1v) is 23.0. The van der Waals surface area contributed by atoms with Crippen LogP contribution >= 0.6 is 19.8 Å². The molecule has 1 N–H and O–H groups in total. The first kappa shape index (κ1) is 38.5. The summed E-state index contributed by atoms with van der Waals surface area (Å²) in [4.78, 5) is 29.8. The van der Waals surface area contributed by atoms with E-state index in [1.807, 2.05) is 32.0 Å². The zero-order chi connectivity index (χ0) is 39.0. The van der Waals surface area contributed by atoms with Crippen LogP contribution in [0.25, 0.3) is 27.6 Å². The van der Waals surface area contributed by atoms with Gasteiger partial charge in [-0.1, -0.05) is 18.2 Å². The fourth-order valence-electron chi connectivity index (χ4n) is 7.60. The molecule has 2 aromatic heterocycles. The van der Waals surface area contributed by atoms with Crippen molar-refractivity contribution < 1.29 is 27.3 Å². The SMILES string of the molecule is C=[N+]1C(=O)CC[C@](C)(c2ccc(C3=CCI(CCc4cc(-c5cc6c(N[C@H](C)c7cccc(CF)c7F)nnc(C)c6cn5)ccc4F)CC3)c(C)c2)C1=O. The number of allylic oxidation sites excluding steroid dienone is 2. The van der Waals surface area contributed by atoms with E-state index in [0.29, 0.717) is 47.6 Å². The second kappa shape index (κ2) is 15.8. The maximum atomic E-state index is 15.2. The Labute approximate surface area is 326 Å². The Kier molecular flexibility index (Phi) is 11.0. The second-order valence-corrected chi connectivity index (χ2v) is 21.0. The number of aryl methyl sites for hydroxylation is 3. The molecule has 0 aliphatic carbocycles. The molecule has 4 heterocycles. The van der Waals surface area contributed by atoms with Gasteiger partial charge in [-0.25, -0.2) is 8.78 Å². The molecule has 0 saturated carbocycles. The van der Waals surface area contributed by atoms with Gasteiger partial charge in [-0.05, 0) is 0 Å². The average Bonchev–Trinajstić information content (AvgIpc) is 3.19. The van der Waals surface area contributed by atoms with Crippen LogP contribution in [-0.2, 0) is 28.1 Å². The van der Waals surface area contributed by atoms with E-state index in [0.717, 1.165) is 51.7 Å². The molecule has 2 atom stereocenters. The van der Waals surface area contributed by atoms with E-state index in [-0.39, 0.29) is 23.2 Å². The van der Waals surface area contributed by atoms with Crippen LogP contribution in [0, 0.1) is 25.5 Å². The number of nitrogens with zero attached hydrogens (tertiary/aromatic N) is 4. The van der Waals surface area contributed by atoms with Crippen LogP contribution < -0.4 is 5.32 Å². The Hall–Kier alpha value is -4.78. The van der Waals surface area contributed by atoms with Gasteiger partial charge in [0.05, 0.1) is 0 Å². The van der Waals surface area contributed by atoms with Crippen molar-refractivity contribution in [2.45, 2.75) is 71.5 Å². The van der Waals surface area contributed by atoms with Crippen LogP contribution in [0.15, 0.2) is 72.9 Å². The standard InChI is InChI=1S/C44H44F3IN5O2/c1-26-21-33(44(4)17-13-40(54)53(5)43(44)55)10-11-34(26)29-14-18-48(19-15-29)20-16-30-22-31(9-12-38(30)46)39-23-36-37(25-49-39)28(3)51-52-42(36)50-27(2)35-8-6-7-32(24-45)41(35)47/h6-12,14,21-23,25,27H,5,13,15-20,24H2,1-4H3,(H,50,52)/q+1/t27-,44-/m1/s1. The Bertz CT molecular complexity index is 2400. The number of alkyl halides is 4. The van der Waals surface area contributed by atoms with Crippen LogP contribution in [0.4, 0.5) is 19.0 Å². The molecule has 2 aliphatic rings. The Morgan fingerprint density at radius 3 is 2.56 bits per heavy atom. The van der Waals surface area contributed by atoms with Gasteiger partial charge in [0.2, 0.25) is 0 Å². The van der Waals surface area contributed by atoms with Gasteiger partial charge >= 0.3 is 283 Å². The maximum absolute atomic E-state index is 15.2. The summed E-state index contributed by atoms with van der Waals surface area (Å²) in [5, 5.41) is 13.5. The normalized spacial score (nSPS) is 18.8. The predicted molar refractivity (Wildman–Crippen MR) is 221 cm³/mol. The second-order valence-electron chi connectivity index (χ2n) is 14.7. The van der Waals surface area contributed by atoms with E-state index in [1.54, 1.807) is 31.3 Å². The zero-order valence-corrected chi connectivity index (χ0v) is 33.6. The van der Waals surface area contributed by atoms with Gasteiger partial charge in [-0.15, -0.1) is 0 Å². The average molecular weight is 859 g/mol. The van der Waals surface area contributed by atoms with E-state index in [9.17, 15) is 18.4 Å². The van der Waals surface area contributed by atoms with Gasteiger partial charge in [-0.2, -0.15) is 0 Å². The first-order valence-electron chi connectivity index (χ1n) is 18.5. The Balaban J connectivity index is 1.04. The van der Waals surface area contributed by atoms with Crippen molar-refractivity contribution in [3.8, 4) is 11.3 Å². The van der Waals surface area contributed by atoms with Gasteiger partial charge in [0.15, 0.2) is 0 Å². The topological polar surface area (TPSA) is 87.8 Å². The molecule has 55 heavy (non-hydrogen) atoms. The molecule has 2 amide bonds.